The summed E-state index contributed by atoms with van der Waals surface area (Å²) >= 11 is 6.83. The lowest BCUT2D eigenvalue weighted by atomic mass is 10.2. The van der Waals surface area contributed by atoms with Gasteiger partial charge in [-0.2, -0.15) is 0 Å². The zero-order valence-electron chi connectivity index (χ0n) is 13.9. The second-order valence-electron chi connectivity index (χ2n) is 5.73. The number of amides is 1. The van der Waals surface area contributed by atoms with Crippen LogP contribution in [0.25, 0.3) is 10.2 Å². The van der Waals surface area contributed by atoms with Crippen LogP contribution in [0.1, 0.15) is 20.8 Å². The second kappa shape index (κ2) is 6.89. The van der Waals surface area contributed by atoms with Crippen molar-refractivity contribution in [2.75, 3.05) is 5.32 Å². The first kappa shape index (κ1) is 18.1. The van der Waals surface area contributed by atoms with E-state index in [1.807, 2.05) is 6.92 Å². The van der Waals surface area contributed by atoms with Gasteiger partial charge in [0.15, 0.2) is 0 Å². The van der Waals surface area contributed by atoms with Crippen molar-refractivity contribution < 1.29 is 14.7 Å². The molecule has 0 radical (unpaired) electrons. The molecule has 0 spiro atoms. The largest absolute Gasteiger partial charge is 0.477 e. The summed E-state index contributed by atoms with van der Waals surface area (Å²) in [7, 11) is 0. The first-order valence-corrected chi connectivity index (χ1v) is 8.75. The van der Waals surface area contributed by atoms with Gasteiger partial charge < -0.3 is 10.4 Å². The molecule has 0 unspecified atom stereocenters. The number of nitrogens with one attached hydrogen (secondary N) is 1. The number of halogens is 1. The molecule has 0 aliphatic rings. The number of rotatable bonds is 4. The van der Waals surface area contributed by atoms with Crippen LogP contribution >= 0.6 is 22.9 Å². The third-order valence-electron chi connectivity index (χ3n) is 3.89. The predicted molar refractivity (Wildman–Crippen MR) is 100 cm³/mol. The maximum absolute atomic E-state index is 12.6. The Morgan fingerprint density at radius 3 is 2.73 bits per heavy atom. The fourth-order valence-electron chi connectivity index (χ4n) is 2.59. The number of carbonyl (C=O) groups is 2. The number of thiophene rings is 1. The summed E-state index contributed by atoms with van der Waals surface area (Å²) in [5.41, 5.74) is 1.31. The van der Waals surface area contributed by atoms with Crippen LogP contribution in [-0.4, -0.2) is 26.5 Å². The van der Waals surface area contributed by atoms with Gasteiger partial charge in [-0.3, -0.25) is 14.2 Å². The Morgan fingerprint density at radius 2 is 2.08 bits per heavy atom. The fourth-order valence-corrected chi connectivity index (χ4v) is 3.79. The van der Waals surface area contributed by atoms with Gasteiger partial charge in [0, 0.05) is 10.7 Å². The Kier molecular flexibility index (Phi) is 4.80. The van der Waals surface area contributed by atoms with Crippen LogP contribution in [-0.2, 0) is 11.3 Å². The third-order valence-corrected chi connectivity index (χ3v) is 5.31. The van der Waals surface area contributed by atoms with E-state index in [1.165, 1.54) is 6.33 Å². The average molecular weight is 392 g/mol. The number of aryl methyl sites for hydroxylation is 2. The van der Waals surface area contributed by atoms with Crippen LogP contribution < -0.4 is 10.9 Å². The average Bonchev–Trinajstić information content (AvgIpc) is 2.91. The lowest BCUT2D eigenvalue weighted by molar-refractivity contribution is -0.116. The molecular weight excluding hydrogens is 378 g/mol. The zero-order valence-corrected chi connectivity index (χ0v) is 15.4. The van der Waals surface area contributed by atoms with E-state index in [4.69, 9.17) is 11.6 Å². The Bertz CT molecular complexity index is 1100. The van der Waals surface area contributed by atoms with E-state index in [0.717, 1.165) is 21.5 Å². The summed E-state index contributed by atoms with van der Waals surface area (Å²) in [5, 5.41) is 12.7. The Hall–Kier alpha value is -2.71. The summed E-state index contributed by atoms with van der Waals surface area (Å²) in [4.78, 5) is 40.7. The molecule has 134 valence electrons. The molecule has 1 aromatic carbocycles. The van der Waals surface area contributed by atoms with E-state index < -0.39 is 17.4 Å². The molecule has 0 saturated heterocycles. The van der Waals surface area contributed by atoms with Crippen LogP contribution in [0, 0.1) is 13.8 Å². The van der Waals surface area contributed by atoms with E-state index in [-0.39, 0.29) is 16.8 Å². The van der Waals surface area contributed by atoms with Gasteiger partial charge in [-0.25, -0.2) is 9.78 Å². The number of carboxylic acid groups (broad SMARTS) is 1. The smallest absolute Gasteiger partial charge is 0.346 e. The number of anilines is 1. The highest BCUT2D eigenvalue weighted by molar-refractivity contribution is 7.20. The quantitative estimate of drug-likeness (QED) is 0.711. The maximum atomic E-state index is 12.6. The lowest BCUT2D eigenvalue weighted by Crippen LogP contribution is -2.28. The molecule has 0 aliphatic carbocycles. The number of hydrogen-bond donors (Lipinski definition) is 2. The number of benzene rings is 1. The van der Waals surface area contributed by atoms with E-state index in [1.54, 1.807) is 25.1 Å². The van der Waals surface area contributed by atoms with Gasteiger partial charge in [-0.15, -0.1) is 11.3 Å². The molecule has 0 atom stereocenters. The molecule has 0 bridgehead atoms. The Labute approximate surface area is 156 Å². The topological polar surface area (TPSA) is 101 Å². The number of hydrogen-bond acceptors (Lipinski definition) is 5. The van der Waals surface area contributed by atoms with Crippen LogP contribution in [0.3, 0.4) is 0 Å². The number of aromatic carboxylic acids is 1. The van der Waals surface area contributed by atoms with Crippen molar-refractivity contribution in [2.45, 2.75) is 20.4 Å². The highest BCUT2D eigenvalue weighted by Crippen LogP contribution is 2.26. The third kappa shape index (κ3) is 3.33. The summed E-state index contributed by atoms with van der Waals surface area (Å²) in [6.07, 6.45) is 1.25. The zero-order chi connectivity index (χ0) is 19.0. The molecule has 0 saturated carbocycles. The normalized spacial score (nSPS) is 10.9. The summed E-state index contributed by atoms with van der Waals surface area (Å²) in [6, 6.07) is 5.06. The van der Waals surface area contributed by atoms with Gasteiger partial charge in [-0.05, 0) is 43.2 Å². The van der Waals surface area contributed by atoms with Crippen LogP contribution in [0.15, 0.2) is 29.3 Å². The monoisotopic (exact) mass is 391 g/mol. The van der Waals surface area contributed by atoms with Crippen LogP contribution in [0.4, 0.5) is 5.69 Å². The van der Waals surface area contributed by atoms with Crippen LogP contribution in [0.5, 0.6) is 0 Å². The van der Waals surface area contributed by atoms with Gasteiger partial charge in [0.05, 0.1) is 11.7 Å². The maximum Gasteiger partial charge on any atom is 0.346 e. The standard InChI is InChI=1S/C17H14ClN3O4S/c1-8-5-10(18)3-4-11(8)20-12(22)6-21-7-19-15-13(16(21)23)9(2)14(26-15)17(24)25/h3-5,7H,6H2,1-2H3,(H,20,22)(H,24,25). The summed E-state index contributed by atoms with van der Waals surface area (Å²) in [6.45, 7) is 3.14. The van der Waals surface area contributed by atoms with Crippen molar-refractivity contribution in [2.24, 2.45) is 0 Å². The molecule has 7 nitrogen and oxygen atoms in total. The molecule has 1 amide bonds. The summed E-state index contributed by atoms with van der Waals surface area (Å²) in [5.74, 6) is -1.50. The molecule has 2 N–H and O–H groups in total. The fraction of sp³-hybridized carbons (Fsp3) is 0.176. The van der Waals surface area contributed by atoms with Crippen molar-refractivity contribution in [3.05, 3.63) is 55.9 Å². The van der Waals surface area contributed by atoms with Crippen molar-refractivity contribution in [3.63, 3.8) is 0 Å². The number of aromatic nitrogens is 2. The molecule has 26 heavy (non-hydrogen) atoms. The van der Waals surface area contributed by atoms with Crippen molar-refractivity contribution in [1.29, 1.82) is 0 Å². The van der Waals surface area contributed by atoms with Gasteiger partial charge in [0.25, 0.3) is 5.56 Å². The molecule has 0 aliphatic heterocycles. The van der Waals surface area contributed by atoms with E-state index in [0.29, 0.717) is 21.1 Å². The van der Waals surface area contributed by atoms with Crippen molar-refractivity contribution in [3.8, 4) is 0 Å². The lowest BCUT2D eigenvalue weighted by Gasteiger charge is -2.10. The number of nitrogens with zero attached hydrogens (tertiary/aromatic N) is 2. The minimum absolute atomic E-state index is 0.0728. The van der Waals surface area contributed by atoms with E-state index >= 15 is 0 Å². The minimum Gasteiger partial charge on any atom is -0.477 e. The first-order chi connectivity index (χ1) is 12.3. The number of carboxylic acids is 1. The minimum atomic E-state index is -1.10. The highest BCUT2D eigenvalue weighted by atomic mass is 35.5. The molecule has 9 heteroatoms. The Morgan fingerprint density at radius 1 is 1.35 bits per heavy atom. The highest BCUT2D eigenvalue weighted by Gasteiger charge is 2.19. The van der Waals surface area contributed by atoms with Crippen molar-refractivity contribution in [1.82, 2.24) is 9.55 Å². The summed E-state index contributed by atoms with van der Waals surface area (Å²) < 4.78 is 1.16. The van der Waals surface area contributed by atoms with Crippen molar-refractivity contribution >= 4 is 50.7 Å². The van der Waals surface area contributed by atoms with Crippen LogP contribution in [0.2, 0.25) is 5.02 Å². The van der Waals surface area contributed by atoms with Gasteiger partial charge in [0.2, 0.25) is 5.91 Å². The molecule has 0 fully saturated rings. The number of fused-ring (bicyclic) bond motifs is 1. The molecule has 3 rings (SSSR count). The molecule has 3 aromatic rings. The van der Waals surface area contributed by atoms with Gasteiger partial charge >= 0.3 is 5.97 Å². The molecular formula is C17H14ClN3O4S. The van der Waals surface area contributed by atoms with E-state index in [2.05, 4.69) is 10.3 Å². The van der Waals surface area contributed by atoms with E-state index in [9.17, 15) is 19.5 Å². The Balaban J connectivity index is 1.90. The molecule has 2 aromatic heterocycles. The SMILES string of the molecule is Cc1cc(Cl)ccc1NC(=O)Cn1cnc2sc(C(=O)O)c(C)c2c1=O. The van der Waals surface area contributed by atoms with Gasteiger partial charge in [-0.1, -0.05) is 11.6 Å². The first-order valence-electron chi connectivity index (χ1n) is 7.55. The second-order valence-corrected chi connectivity index (χ2v) is 7.16. The molecule has 2 heterocycles. The van der Waals surface area contributed by atoms with Gasteiger partial charge in [0.1, 0.15) is 16.3 Å². The number of carbonyl (C=O) groups excluding carboxylic acids is 1. The predicted octanol–water partition coefficient (Wildman–Crippen LogP) is 3.07.